The predicted octanol–water partition coefficient (Wildman–Crippen LogP) is -0.0660. The van der Waals surface area contributed by atoms with Gasteiger partial charge in [0.15, 0.2) is 0 Å². The molecule has 0 radical (unpaired) electrons. The highest BCUT2D eigenvalue weighted by Crippen LogP contribution is 2.06. The van der Waals surface area contributed by atoms with Gasteiger partial charge < -0.3 is 16.4 Å². The lowest BCUT2D eigenvalue weighted by Crippen LogP contribution is -2.37. The van der Waals surface area contributed by atoms with Crippen LogP contribution < -0.4 is 16.4 Å². The van der Waals surface area contributed by atoms with Crippen molar-refractivity contribution in [3.8, 4) is 0 Å². The maximum atomic E-state index is 11.7. The normalized spacial score (nSPS) is 10.5. The molecule has 0 bridgehead atoms. The number of nitrogens with zero attached hydrogens (tertiary/aromatic N) is 2. The van der Waals surface area contributed by atoms with Crippen molar-refractivity contribution in [3.63, 3.8) is 0 Å². The molecule has 2 amide bonds. The van der Waals surface area contributed by atoms with Gasteiger partial charge in [-0.25, -0.2) is 4.63 Å². The second-order valence-corrected chi connectivity index (χ2v) is 4.06. The van der Waals surface area contributed by atoms with Gasteiger partial charge in [0.1, 0.15) is 0 Å². The molecule has 1 rings (SSSR count). The van der Waals surface area contributed by atoms with Crippen LogP contribution >= 0.6 is 0 Å². The molecule has 0 aromatic carbocycles. The van der Waals surface area contributed by atoms with Gasteiger partial charge >= 0.3 is 0 Å². The molecule has 0 spiro atoms. The Morgan fingerprint density at radius 3 is 2.37 bits per heavy atom. The average Bonchev–Trinajstić information content (AvgIpc) is 2.82. The van der Waals surface area contributed by atoms with Crippen molar-refractivity contribution in [2.45, 2.75) is 26.7 Å². The number of anilines is 1. The summed E-state index contributed by atoms with van der Waals surface area (Å²) in [6.45, 7) is 4.58. The molecule has 0 aliphatic carbocycles. The SMILES string of the molecule is CCC(CC)C(=O)NCCNC(=O)c1nonc1N. The summed E-state index contributed by atoms with van der Waals surface area (Å²) in [6.07, 6.45) is 1.60. The predicted molar refractivity (Wildman–Crippen MR) is 68.1 cm³/mol. The van der Waals surface area contributed by atoms with Crippen LogP contribution in [0.2, 0.25) is 0 Å². The van der Waals surface area contributed by atoms with Crippen molar-refractivity contribution in [1.82, 2.24) is 20.9 Å². The van der Waals surface area contributed by atoms with Gasteiger partial charge in [0.25, 0.3) is 5.91 Å². The molecule has 0 unspecified atom stereocenters. The Labute approximate surface area is 111 Å². The van der Waals surface area contributed by atoms with E-state index in [1.807, 2.05) is 13.8 Å². The Morgan fingerprint density at radius 1 is 1.21 bits per heavy atom. The Balaban J connectivity index is 2.26. The standard InChI is InChI=1S/C11H19N5O3/c1-3-7(4-2)10(17)13-5-6-14-11(18)8-9(12)16-19-15-8/h7H,3-6H2,1-2H3,(H2,12,16)(H,13,17)(H,14,18). The highest BCUT2D eigenvalue weighted by atomic mass is 16.6. The molecule has 0 aliphatic rings. The smallest absolute Gasteiger partial charge is 0.277 e. The molecular formula is C11H19N5O3. The second-order valence-electron chi connectivity index (χ2n) is 4.06. The number of nitrogen functional groups attached to an aromatic ring is 1. The van der Waals surface area contributed by atoms with Gasteiger partial charge in [-0.2, -0.15) is 0 Å². The maximum absolute atomic E-state index is 11.7. The zero-order valence-electron chi connectivity index (χ0n) is 11.1. The van der Waals surface area contributed by atoms with Crippen molar-refractivity contribution in [2.75, 3.05) is 18.8 Å². The van der Waals surface area contributed by atoms with Crippen LogP contribution in [0.25, 0.3) is 0 Å². The molecule has 0 atom stereocenters. The van der Waals surface area contributed by atoms with Gasteiger partial charge in [-0.1, -0.05) is 13.8 Å². The Morgan fingerprint density at radius 2 is 1.84 bits per heavy atom. The van der Waals surface area contributed by atoms with Gasteiger partial charge in [0, 0.05) is 19.0 Å². The minimum Gasteiger partial charge on any atom is -0.379 e. The minimum absolute atomic E-state index is 0.00173. The summed E-state index contributed by atoms with van der Waals surface area (Å²) < 4.78 is 4.32. The van der Waals surface area contributed by atoms with Crippen molar-refractivity contribution in [2.24, 2.45) is 5.92 Å². The molecule has 0 fully saturated rings. The Hall–Kier alpha value is -2.12. The van der Waals surface area contributed by atoms with E-state index in [1.54, 1.807) is 0 Å². The number of nitrogens with two attached hydrogens (primary N) is 1. The number of amides is 2. The Kier molecular flexibility index (Phi) is 5.77. The number of nitrogens with one attached hydrogen (secondary N) is 2. The fourth-order valence-electron chi connectivity index (χ4n) is 1.60. The van der Waals surface area contributed by atoms with Crippen LogP contribution in [0.15, 0.2) is 4.63 Å². The summed E-state index contributed by atoms with van der Waals surface area (Å²) in [5.41, 5.74) is 5.32. The van der Waals surface area contributed by atoms with Crippen molar-refractivity contribution >= 4 is 17.6 Å². The van der Waals surface area contributed by atoms with Crippen molar-refractivity contribution in [3.05, 3.63) is 5.69 Å². The molecule has 0 aliphatic heterocycles. The van der Waals surface area contributed by atoms with E-state index >= 15 is 0 Å². The first-order chi connectivity index (χ1) is 9.10. The lowest BCUT2D eigenvalue weighted by atomic mass is 10.0. The number of aromatic nitrogens is 2. The van der Waals surface area contributed by atoms with Crippen LogP contribution in [0.3, 0.4) is 0 Å². The molecule has 0 saturated carbocycles. The summed E-state index contributed by atoms with van der Waals surface area (Å²) in [5.74, 6) is -0.512. The molecule has 0 saturated heterocycles. The van der Waals surface area contributed by atoms with E-state index in [1.165, 1.54) is 0 Å². The van der Waals surface area contributed by atoms with Gasteiger partial charge in [0.2, 0.25) is 17.4 Å². The third kappa shape index (κ3) is 4.23. The first kappa shape index (κ1) is 14.9. The largest absolute Gasteiger partial charge is 0.379 e. The van der Waals surface area contributed by atoms with Crippen molar-refractivity contribution in [1.29, 1.82) is 0 Å². The van der Waals surface area contributed by atoms with Crippen LogP contribution in [0, 0.1) is 5.92 Å². The van der Waals surface area contributed by atoms with Crippen molar-refractivity contribution < 1.29 is 14.2 Å². The maximum Gasteiger partial charge on any atom is 0.277 e. The van der Waals surface area contributed by atoms with E-state index in [-0.39, 0.29) is 29.9 Å². The Bertz CT molecular complexity index is 428. The van der Waals surface area contributed by atoms with E-state index < -0.39 is 5.91 Å². The molecule has 8 heteroatoms. The van der Waals surface area contributed by atoms with E-state index in [0.29, 0.717) is 6.54 Å². The molecule has 1 aromatic rings. The quantitative estimate of drug-likeness (QED) is 0.595. The summed E-state index contributed by atoms with van der Waals surface area (Å²) in [7, 11) is 0. The monoisotopic (exact) mass is 269 g/mol. The van der Waals surface area contributed by atoms with Crippen LogP contribution in [-0.2, 0) is 4.79 Å². The molecule has 8 nitrogen and oxygen atoms in total. The van der Waals surface area contributed by atoms with Gasteiger partial charge in [-0.15, -0.1) is 0 Å². The number of hydrogen-bond acceptors (Lipinski definition) is 6. The van der Waals surface area contributed by atoms with Crippen LogP contribution in [0.5, 0.6) is 0 Å². The molecule has 106 valence electrons. The number of carbonyl (C=O) groups is 2. The molecule has 19 heavy (non-hydrogen) atoms. The highest BCUT2D eigenvalue weighted by molar-refractivity contribution is 5.95. The summed E-state index contributed by atoms with van der Waals surface area (Å²) in [6, 6.07) is 0. The van der Waals surface area contributed by atoms with Crippen LogP contribution in [0.1, 0.15) is 37.2 Å². The highest BCUT2D eigenvalue weighted by Gasteiger charge is 2.16. The molecule has 1 aromatic heterocycles. The van der Waals surface area contributed by atoms with Crippen LogP contribution in [-0.4, -0.2) is 35.2 Å². The second kappa shape index (κ2) is 7.34. The third-order valence-electron chi connectivity index (χ3n) is 2.80. The molecule has 1 heterocycles. The lowest BCUT2D eigenvalue weighted by molar-refractivity contribution is -0.125. The first-order valence-corrected chi connectivity index (χ1v) is 6.24. The van der Waals surface area contributed by atoms with Gasteiger partial charge in [0.05, 0.1) is 0 Å². The van der Waals surface area contributed by atoms with E-state index in [0.717, 1.165) is 12.8 Å². The molecular weight excluding hydrogens is 250 g/mol. The lowest BCUT2D eigenvalue weighted by Gasteiger charge is -2.12. The average molecular weight is 269 g/mol. The minimum atomic E-state index is -0.476. The molecule has 4 N–H and O–H groups in total. The van der Waals surface area contributed by atoms with Gasteiger partial charge in [-0.05, 0) is 23.2 Å². The first-order valence-electron chi connectivity index (χ1n) is 6.24. The zero-order valence-corrected chi connectivity index (χ0v) is 11.1. The fraction of sp³-hybridized carbons (Fsp3) is 0.636. The number of rotatable bonds is 7. The van der Waals surface area contributed by atoms with E-state index in [4.69, 9.17) is 5.73 Å². The van der Waals surface area contributed by atoms with E-state index in [2.05, 4.69) is 25.6 Å². The number of hydrogen-bond donors (Lipinski definition) is 3. The topological polar surface area (TPSA) is 123 Å². The van der Waals surface area contributed by atoms with Crippen LogP contribution in [0.4, 0.5) is 5.82 Å². The summed E-state index contributed by atoms with van der Waals surface area (Å²) in [5, 5.41) is 12.0. The fourth-order valence-corrected chi connectivity index (χ4v) is 1.60. The van der Waals surface area contributed by atoms with E-state index in [9.17, 15) is 9.59 Å². The summed E-state index contributed by atoms with van der Waals surface area (Å²) >= 11 is 0. The summed E-state index contributed by atoms with van der Waals surface area (Å²) in [4.78, 5) is 23.2. The number of carbonyl (C=O) groups excluding carboxylic acids is 2. The zero-order chi connectivity index (χ0) is 14.3. The third-order valence-corrected chi connectivity index (χ3v) is 2.80. The van der Waals surface area contributed by atoms with Gasteiger partial charge in [-0.3, -0.25) is 9.59 Å².